The first-order valence-electron chi connectivity index (χ1n) is 7.98. The van der Waals surface area contributed by atoms with Gasteiger partial charge in [-0.1, -0.05) is 49.6 Å². The zero-order valence-electron chi connectivity index (χ0n) is 12.8. The summed E-state index contributed by atoms with van der Waals surface area (Å²) in [5.41, 5.74) is 1.38. The molecule has 0 heterocycles. The molecular formula is C18H23N3O. The van der Waals surface area contributed by atoms with E-state index in [-0.39, 0.29) is 17.5 Å². The minimum Gasteiger partial charge on any atom is -0.389 e. The lowest BCUT2D eigenvalue weighted by Gasteiger charge is -2.22. The van der Waals surface area contributed by atoms with E-state index in [1.807, 2.05) is 24.3 Å². The first-order valence-corrected chi connectivity index (χ1v) is 7.98. The Morgan fingerprint density at radius 1 is 1.23 bits per heavy atom. The maximum absolute atomic E-state index is 12.1. The van der Waals surface area contributed by atoms with Crippen molar-refractivity contribution in [2.45, 2.75) is 44.6 Å². The van der Waals surface area contributed by atoms with Crippen molar-refractivity contribution in [2.24, 2.45) is 0 Å². The Labute approximate surface area is 132 Å². The van der Waals surface area contributed by atoms with Crippen molar-refractivity contribution < 1.29 is 4.79 Å². The van der Waals surface area contributed by atoms with Crippen LogP contribution in [0.2, 0.25) is 0 Å². The van der Waals surface area contributed by atoms with Crippen LogP contribution in [0.4, 0.5) is 0 Å². The van der Waals surface area contributed by atoms with Gasteiger partial charge in [-0.25, -0.2) is 0 Å². The third kappa shape index (κ3) is 5.25. The largest absolute Gasteiger partial charge is 0.389 e. The van der Waals surface area contributed by atoms with E-state index in [0.29, 0.717) is 6.54 Å². The first-order chi connectivity index (χ1) is 10.8. The molecule has 4 heteroatoms. The second-order valence-corrected chi connectivity index (χ2v) is 5.67. The van der Waals surface area contributed by atoms with Gasteiger partial charge in [-0.2, -0.15) is 5.26 Å². The second kappa shape index (κ2) is 8.89. The van der Waals surface area contributed by atoms with Gasteiger partial charge in [0.05, 0.1) is 0 Å². The van der Waals surface area contributed by atoms with Crippen LogP contribution in [0, 0.1) is 11.3 Å². The van der Waals surface area contributed by atoms with Crippen LogP contribution in [0.25, 0.3) is 0 Å². The SMILES string of the molecule is N#C/C(=C/NCCc1ccccc1)C(=O)NC1CCCCC1. The van der Waals surface area contributed by atoms with E-state index in [1.54, 1.807) is 0 Å². The molecule has 0 unspecified atom stereocenters. The summed E-state index contributed by atoms with van der Waals surface area (Å²) in [6.07, 6.45) is 7.99. The quantitative estimate of drug-likeness (QED) is 0.482. The van der Waals surface area contributed by atoms with Crippen LogP contribution in [0.5, 0.6) is 0 Å². The number of carbonyl (C=O) groups excluding carboxylic acids is 1. The molecule has 116 valence electrons. The number of carbonyl (C=O) groups is 1. The Bertz CT molecular complexity index is 539. The molecule has 1 saturated carbocycles. The first kappa shape index (κ1) is 16.1. The predicted octanol–water partition coefficient (Wildman–Crippen LogP) is 2.68. The number of benzene rings is 1. The summed E-state index contributed by atoms with van der Waals surface area (Å²) in [7, 11) is 0. The van der Waals surface area contributed by atoms with Crippen molar-refractivity contribution in [2.75, 3.05) is 6.54 Å². The van der Waals surface area contributed by atoms with Crippen LogP contribution in [0.1, 0.15) is 37.7 Å². The molecule has 1 fully saturated rings. The molecule has 4 nitrogen and oxygen atoms in total. The molecule has 0 aromatic heterocycles. The number of nitrogens with zero attached hydrogens (tertiary/aromatic N) is 1. The van der Waals surface area contributed by atoms with E-state index in [2.05, 4.69) is 22.8 Å². The van der Waals surface area contributed by atoms with E-state index >= 15 is 0 Å². The molecule has 0 spiro atoms. The molecule has 22 heavy (non-hydrogen) atoms. The van der Waals surface area contributed by atoms with Gasteiger partial charge in [0.2, 0.25) is 0 Å². The standard InChI is InChI=1S/C18H23N3O/c19-13-16(18(22)21-17-9-5-2-6-10-17)14-20-12-11-15-7-3-1-4-8-15/h1,3-4,7-8,14,17,20H,2,5-6,9-12H2,(H,21,22)/b16-14-. The van der Waals surface area contributed by atoms with Gasteiger partial charge in [-0.3, -0.25) is 4.79 Å². The summed E-state index contributed by atoms with van der Waals surface area (Å²) in [6.45, 7) is 0.700. The predicted molar refractivity (Wildman–Crippen MR) is 86.9 cm³/mol. The second-order valence-electron chi connectivity index (χ2n) is 5.67. The van der Waals surface area contributed by atoms with Gasteiger partial charge in [-0.05, 0) is 24.8 Å². The highest BCUT2D eigenvalue weighted by Gasteiger charge is 2.17. The van der Waals surface area contributed by atoms with Crippen molar-refractivity contribution in [1.82, 2.24) is 10.6 Å². The van der Waals surface area contributed by atoms with Crippen molar-refractivity contribution in [3.05, 3.63) is 47.7 Å². The van der Waals surface area contributed by atoms with E-state index < -0.39 is 0 Å². The van der Waals surface area contributed by atoms with Crippen LogP contribution in [0.3, 0.4) is 0 Å². The van der Waals surface area contributed by atoms with Crippen molar-refractivity contribution in [1.29, 1.82) is 5.26 Å². The monoisotopic (exact) mass is 297 g/mol. The molecule has 2 N–H and O–H groups in total. The summed E-state index contributed by atoms with van der Waals surface area (Å²) in [5, 5.41) is 15.1. The Morgan fingerprint density at radius 2 is 1.95 bits per heavy atom. The molecule has 1 aliphatic carbocycles. The highest BCUT2D eigenvalue weighted by molar-refractivity contribution is 5.97. The third-order valence-electron chi connectivity index (χ3n) is 3.95. The number of hydrogen-bond donors (Lipinski definition) is 2. The summed E-state index contributed by atoms with van der Waals surface area (Å²) in [5.74, 6) is -0.262. The van der Waals surface area contributed by atoms with Gasteiger partial charge in [0.15, 0.2) is 0 Å². The lowest BCUT2D eigenvalue weighted by Crippen LogP contribution is -2.37. The van der Waals surface area contributed by atoms with Crippen molar-refractivity contribution in [3.63, 3.8) is 0 Å². The average molecular weight is 297 g/mol. The van der Waals surface area contributed by atoms with E-state index in [1.165, 1.54) is 18.2 Å². The molecular weight excluding hydrogens is 274 g/mol. The van der Waals surface area contributed by atoms with E-state index in [4.69, 9.17) is 5.26 Å². The molecule has 0 atom stereocenters. The van der Waals surface area contributed by atoms with Gasteiger partial charge in [0.1, 0.15) is 11.6 Å². The normalized spacial score (nSPS) is 15.9. The Kier molecular flexibility index (Phi) is 6.50. The van der Waals surface area contributed by atoms with E-state index in [9.17, 15) is 4.79 Å². The molecule has 0 bridgehead atoms. The number of nitrogens with one attached hydrogen (secondary N) is 2. The van der Waals surface area contributed by atoms with Gasteiger partial charge in [-0.15, -0.1) is 0 Å². The van der Waals surface area contributed by atoms with Gasteiger partial charge < -0.3 is 10.6 Å². The molecule has 0 aliphatic heterocycles. The Hall–Kier alpha value is -2.28. The Morgan fingerprint density at radius 3 is 2.64 bits per heavy atom. The number of nitriles is 1. The van der Waals surface area contributed by atoms with Crippen molar-refractivity contribution in [3.8, 4) is 6.07 Å². The maximum Gasteiger partial charge on any atom is 0.263 e. The van der Waals surface area contributed by atoms with Gasteiger partial charge in [0, 0.05) is 18.8 Å². The molecule has 2 rings (SSSR count). The maximum atomic E-state index is 12.1. The summed E-state index contributed by atoms with van der Waals surface area (Å²) in [6, 6.07) is 12.3. The highest BCUT2D eigenvalue weighted by atomic mass is 16.1. The molecule has 1 aromatic carbocycles. The van der Waals surface area contributed by atoms with Crippen LogP contribution in [0.15, 0.2) is 42.1 Å². The average Bonchev–Trinajstić information content (AvgIpc) is 2.56. The summed E-state index contributed by atoms with van der Waals surface area (Å²) >= 11 is 0. The zero-order chi connectivity index (χ0) is 15.6. The lowest BCUT2D eigenvalue weighted by molar-refractivity contribution is -0.118. The minimum atomic E-state index is -0.262. The van der Waals surface area contributed by atoms with Crippen LogP contribution < -0.4 is 10.6 Å². The van der Waals surface area contributed by atoms with Gasteiger partial charge in [0.25, 0.3) is 5.91 Å². The van der Waals surface area contributed by atoms with Crippen molar-refractivity contribution >= 4 is 5.91 Å². The molecule has 1 aromatic rings. The molecule has 0 saturated heterocycles. The minimum absolute atomic E-state index is 0.152. The smallest absolute Gasteiger partial charge is 0.263 e. The fourth-order valence-corrected chi connectivity index (χ4v) is 2.69. The third-order valence-corrected chi connectivity index (χ3v) is 3.95. The molecule has 1 aliphatic rings. The number of rotatable bonds is 6. The molecule has 1 amide bonds. The van der Waals surface area contributed by atoms with Gasteiger partial charge >= 0.3 is 0 Å². The number of amides is 1. The zero-order valence-corrected chi connectivity index (χ0v) is 12.8. The van der Waals surface area contributed by atoms with E-state index in [0.717, 1.165) is 32.1 Å². The lowest BCUT2D eigenvalue weighted by atomic mass is 9.95. The summed E-state index contributed by atoms with van der Waals surface area (Å²) < 4.78 is 0. The van der Waals surface area contributed by atoms with Crippen LogP contribution >= 0.6 is 0 Å². The Balaban J connectivity index is 1.77. The van der Waals surface area contributed by atoms with Crippen LogP contribution in [-0.2, 0) is 11.2 Å². The van der Waals surface area contributed by atoms with Crippen LogP contribution in [-0.4, -0.2) is 18.5 Å². The highest BCUT2D eigenvalue weighted by Crippen LogP contribution is 2.17. The molecule has 0 radical (unpaired) electrons. The number of hydrogen-bond acceptors (Lipinski definition) is 3. The fourth-order valence-electron chi connectivity index (χ4n) is 2.69. The fraction of sp³-hybridized carbons (Fsp3) is 0.444. The topological polar surface area (TPSA) is 64.9 Å². The summed E-state index contributed by atoms with van der Waals surface area (Å²) in [4.78, 5) is 12.1.